The summed E-state index contributed by atoms with van der Waals surface area (Å²) in [5, 5.41) is 0. The lowest BCUT2D eigenvalue weighted by atomic mass is 10.1. The molecular formula is C48H52N2O10. The first-order valence-corrected chi connectivity index (χ1v) is 20.0. The van der Waals surface area contributed by atoms with Gasteiger partial charge in [0.1, 0.15) is 22.9 Å². The van der Waals surface area contributed by atoms with Gasteiger partial charge < -0.3 is 28.4 Å². The highest BCUT2D eigenvalue weighted by Crippen LogP contribution is 2.22. The van der Waals surface area contributed by atoms with E-state index in [2.05, 4.69) is 33.6 Å². The van der Waals surface area contributed by atoms with Crippen LogP contribution >= 0.6 is 0 Å². The Morgan fingerprint density at radius 2 is 0.817 bits per heavy atom. The van der Waals surface area contributed by atoms with Crippen molar-refractivity contribution in [2.24, 2.45) is 0 Å². The molecule has 0 spiro atoms. The number of ether oxygens (including phenoxy) is 6. The molecule has 4 aromatic rings. The minimum Gasteiger partial charge on any atom is -0.492 e. The molecule has 0 saturated heterocycles. The Labute approximate surface area is 352 Å². The third-order valence-corrected chi connectivity index (χ3v) is 9.29. The Hall–Kier alpha value is -6.66. The van der Waals surface area contributed by atoms with Gasteiger partial charge in [-0.05, 0) is 97.5 Å². The second kappa shape index (κ2) is 25.6. The third-order valence-electron chi connectivity index (χ3n) is 9.29. The highest BCUT2D eigenvalue weighted by atomic mass is 16.5. The second-order valence-electron chi connectivity index (χ2n) is 13.6. The van der Waals surface area contributed by atoms with Crippen LogP contribution in [0.2, 0.25) is 0 Å². The number of hydrogen-bond acceptors (Lipinski definition) is 12. The second-order valence-corrected chi connectivity index (χ2v) is 13.6. The van der Waals surface area contributed by atoms with Crippen LogP contribution in [-0.4, -0.2) is 75.5 Å². The Morgan fingerprint density at radius 1 is 0.450 bits per heavy atom. The summed E-state index contributed by atoms with van der Waals surface area (Å²) in [7, 11) is 5.40. The molecular weight excluding hydrogens is 765 g/mol. The molecule has 2 aromatic carbocycles. The minimum atomic E-state index is -0.409. The van der Waals surface area contributed by atoms with Crippen molar-refractivity contribution < 1.29 is 47.6 Å². The standard InChI is InChI=1S/C48H52N2O10/c1-55-45(51)31-27-41-43(29-25-39(49-41)23-17-35-13-19-37(20-14-35)47(53)57-3)59-33-11-9-7-5-6-8-10-12-34-60-44-30-26-40(50-42(44)28-32-46(52)56-2)24-18-36-15-21-38(22-16-36)48(54)58-4/h13-16,19-22,25-26,29-30H,5-12,27-28,31-34H2,1-4H3. The van der Waals surface area contributed by atoms with Crippen LogP contribution in [0.25, 0.3) is 0 Å². The summed E-state index contributed by atoms with van der Waals surface area (Å²) < 4.78 is 31.3. The molecule has 0 aliphatic rings. The van der Waals surface area contributed by atoms with E-state index in [-0.39, 0.29) is 24.8 Å². The van der Waals surface area contributed by atoms with Crippen LogP contribution in [0.1, 0.15) is 119 Å². The first kappa shape index (κ1) is 46.0. The average molecular weight is 817 g/mol. The van der Waals surface area contributed by atoms with Gasteiger partial charge in [0.2, 0.25) is 0 Å². The number of benzene rings is 2. The van der Waals surface area contributed by atoms with Crippen molar-refractivity contribution in [1.82, 2.24) is 9.97 Å². The third kappa shape index (κ3) is 15.9. The van der Waals surface area contributed by atoms with Gasteiger partial charge in [-0.15, -0.1) is 0 Å². The summed E-state index contributed by atoms with van der Waals surface area (Å²) in [5.74, 6) is 12.0. The van der Waals surface area contributed by atoms with Crippen LogP contribution in [-0.2, 0) is 41.4 Å². The zero-order valence-electron chi connectivity index (χ0n) is 34.8. The topological polar surface area (TPSA) is 149 Å². The number of pyridine rings is 2. The summed E-state index contributed by atoms with van der Waals surface area (Å²) in [5.41, 5.74) is 4.72. The SMILES string of the molecule is COC(=O)CCc1nc(C#Cc2ccc(C(=O)OC)cc2)ccc1OCCCCCCCCCCOc1ccc(C#Cc2ccc(C(=O)OC)cc2)nc1CCC(=O)OC. The van der Waals surface area contributed by atoms with Crippen LogP contribution in [0.5, 0.6) is 11.5 Å². The minimum absolute atomic E-state index is 0.176. The molecule has 0 saturated carbocycles. The summed E-state index contributed by atoms with van der Waals surface area (Å²) in [6.07, 6.45) is 9.42. The highest BCUT2D eigenvalue weighted by Gasteiger charge is 2.12. The summed E-state index contributed by atoms with van der Waals surface area (Å²) in [6.45, 7) is 1.08. The number of rotatable bonds is 21. The van der Waals surface area contributed by atoms with E-state index in [1.54, 1.807) is 60.7 Å². The first-order chi connectivity index (χ1) is 29.2. The molecule has 0 bridgehead atoms. The van der Waals surface area contributed by atoms with E-state index in [9.17, 15) is 19.2 Å². The van der Waals surface area contributed by atoms with Gasteiger partial charge in [-0.25, -0.2) is 19.6 Å². The van der Waals surface area contributed by atoms with Crippen LogP contribution in [0.3, 0.4) is 0 Å². The molecule has 12 heteroatoms. The molecule has 0 aliphatic carbocycles. The van der Waals surface area contributed by atoms with Crippen LogP contribution < -0.4 is 9.47 Å². The molecule has 2 heterocycles. The number of carbonyl (C=O) groups excluding carboxylic acids is 4. The van der Waals surface area contributed by atoms with Crippen LogP contribution in [0.15, 0.2) is 72.8 Å². The monoisotopic (exact) mass is 816 g/mol. The van der Waals surface area contributed by atoms with Crippen molar-refractivity contribution in [3.63, 3.8) is 0 Å². The number of esters is 4. The lowest BCUT2D eigenvalue weighted by molar-refractivity contribution is -0.141. The number of methoxy groups -OCH3 is 4. The van der Waals surface area contributed by atoms with E-state index < -0.39 is 11.9 Å². The molecule has 0 radical (unpaired) electrons. The van der Waals surface area contributed by atoms with Crippen molar-refractivity contribution in [2.45, 2.75) is 77.0 Å². The Balaban J connectivity index is 1.16. The average Bonchev–Trinajstić information content (AvgIpc) is 3.29. The molecule has 60 heavy (non-hydrogen) atoms. The van der Waals surface area contributed by atoms with E-state index in [4.69, 9.17) is 28.4 Å². The molecule has 0 N–H and O–H groups in total. The number of nitrogens with zero attached hydrogens (tertiary/aromatic N) is 2. The maximum atomic E-state index is 11.9. The predicted octanol–water partition coefficient (Wildman–Crippen LogP) is 7.64. The quantitative estimate of drug-likeness (QED) is 0.0352. The normalized spacial score (nSPS) is 10.3. The van der Waals surface area contributed by atoms with E-state index in [0.717, 1.165) is 62.5 Å². The number of hydrogen-bond donors (Lipinski definition) is 0. The van der Waals surface area contributed by atoms with Gasteiger partial charge in [0, 0.05) is 24.0 Å². The van der Waals surface area contributed by atoms with Crippen molar-refractivity contribution in [3.8, 4) is 35.2 Å². The molecule has 0 atom stereocenters. The van der Waals surface area contributed by atoms with Gasteiger partial charge in [0.05, 0.1) is 77.0 Å². The van der Waals surface area contributed by atoms with Gasteiger partial charge in [-0.2, -0.15) is 0 Å². The van der Waals surface area contributed by atoms with E-state index in [0.29, 0.717) is 71.5 Å². The highest BCUT2D eigenvalue weighted by molar-refractivity contribution is 5.89. The summed E-state index contributed by atoms with van der Waals surface area (Å²) in [6, 6.07) is 20.9. The molecule has 314 valence electrons. The van der Waals surface area contributed by atoms with E-state index in [1.165, 1.54) is 28.4 Å². The maximum Gasteiger partial charge on any atom is 0.337 e. The van der Waals surface area contributed by atoms with E-state index >= 15 is 0 Å². The maximum absolute atomic E-state index is 11.9. The van der Waals surface area contributed by atoms with Crippen molar-refractivity contribution in [1.29, 1.82) is 0 Å². The molecule has 12 nitrogen and oxygen atoms in total. The summed E-state index contributed by atoms with van der Waals surface area (Å²) >= 11 is 0. The molecule has 0 unspecified atom stereocenters. The summed E-state index contributed by atoms with van der Waals surface area (Å²) in [4.78, 5) is 56.5. The molecule has 0 amide bonds. The lowest BCUT2D eigenvalue weighted by Crippen LogP contribution is -2.07. The van der Waals surface area contributed by atoms with E-state index in [1.807, 2.05) is 12.1 Å². The Morgan fingerprint density at radius 3 is 1.17 bits per heavy atom. The lowest BCUT2D eigenvalue weighted by Gasteiger charge is -2.11. The van der Waals surface area contributed by atoms with Gasteiger partial charge >= 0.3 is 23.9 Å². The Bertz CT molecular complexity index is 2000. The van der Waals surface area contributed by atoms with Crippen molar-refractivity contribution >= 4 is 23.9 Å². The zero-order chi connectivity index (χ0) is 43.0. The molecule has 2 aromatic heterocycles. The van der Waals surface area contributed by atoms with Crippen LogP contribution in [0, 0.1) is 23.7 Å². The van der Waals surface area contributed by atoms with Gasteiger partial charge in [0.25, 0.3) is 0 Å². The fraction of sp³-hybridized carbons (Fsp3) is 0.375. The van der Waals surface area contributed by atoms with Gasteiger partial charge in [-0.1, -0.05) is 50.4 Å². The number of aryl methyl sites for hydroxylation is 2. The van der Waals surface area contributed by atoms with Gasteiger partial charge in [-0.3, -0.25) is 9.59 Å². The van der Waals surface area contributed by atoms with Crippen molar-refractivity contribution in [3.05, 3.63) is 118 Å². The number of unbranched alkanes of at least 4 members (excludes halogenated alkanes) is 7. The fourth-order valence-corrected chi connectivity index (χ4v) is 5.90. The molecule has 0 fully saturated rings. The molecule has 0 aliphatic heterocycles. The van der Waals surface area contributed by atoms with Crippen molar-refractivity contribution in [2.75, 3.05) is 41.7 Å². The smallest absolute Gasteiger partial charge is 0.337 e. The van der Waals surface area contributed by atoms with Gasteiger partial charge in [0.15, 0.2) is 0 Å². The fourth-order valence-electron chi connectivity index (χ4n) is 5.90. The number of carbonyl (C=O) groups is 4. The Kier molecular flexibility index (Phi) is 19.7. The predicted molar refractivity (Wildman–Crippen MR) is 225 cm³/mol. The zero-order valence-corrected chi connectivity index (χ0v) is 34.8. The largest absolute Gasteiger partial charge is 0.492 e. The first-order valence-electron chi connectivity index (χ1n) is 20.0. The van der Waals surface area contributed by atoms with Crippen LogP contribution in [0.4, 0.5) is 0 Å². The molecule has 4 rings (SSSR count). The number of aromatic nitrogens is 2.